The number of rotatable bonds is 9. The van der Waals surface area contributed by atoms with Gasteiger partial charge in [-0.25, -0.2) is 8.42 Å². The standard InChI is InChI=1S/C29H32N2O5S/c1-4-35-27-16-9-19(17-28(27)36-5-2)29-24-8-6-7-23(24)25-18-22(14-15-26(25)30-29)37(32,33)31-20-10-12-21(34-3)13-11-20/h6-7,9-18,23-24,29-31H,4-5,8H2,1-3H3/t23-,24+,29+/m0/s1. The van der Waals surface area contributed by atoms with Gasteiger partial charge in [0, 0.05) is 17.3 Å². The Labute approximate surface area is 218 Å². The number of hydrogen-bond donors (Lipinski definition) is 2. The lowest BCUT2D eigenvalue weighted by Gasteiger charge is -2.38. The van der Waals surface area contributed by atoms with E-state index in [1.807, 2.05) is 26.0 Å². The van der Waals surface area contributed by atoms with Crippen molar-refractivity contribution < 1.29 is 22.6 Å². The predicted molar refractivity (Wildman–Crippen MR) is 145 cm³/mol. The van der Waals surface area contributed by atoms with Crippen molar-refractivity contribution in [2.45, 2.75) is 37.1 Å². The number of sulfonamides is 1. The lowest BCUT2D eigenvalue weighted by molar-refractivity contribution is 0.287. The zero-order valence-electron chi connectivity index (χ0n) is 21.2. The highest BCUT2D eigenvalue weighted by Crippen LogP contribution is 2.51. The van der Waals surface area contributed by atoms with E-state index >= 15 is 0 Å². The Morgan fingerprint density at radius 3 is 2.43 bits per heavy atom. The van der Waals surface area contributed by atoms with Crippen LogP contribution in [0.4, 0.5) is 11.4 Å². The topological polar surface area (TPSA) is 85.9 Å². The van der Waals surface area contributed by atoms with Gasteiger partial charge < -0.3 is 19.5 Å². The minimum Gasteiger partial charge on any atom is -0.497 e. The highest BCUT2D eigenvalue weighted by molar-refractivity contribution is 7.92. The van der Waals surface area contributed by atoms with Gasteiger partial charge in [-0.2, -0.15) is 0 Å². The molecule has 0 spiro atoms. The molecule has 0 saturated heterocycles. The van der Waals surface area contributed by atoms with Crippen LogP contribution in [0, 0.1) is 5.92 Å². The molecule has 8 heteroatoms. The van der Waals surface area contributed by atoms with Crippen LogP contribution in [-0.2, 0) is 10.0 Å². The minimum absolute atomic E-state index is 0.0577. The van der Waals surface area contributed by atoms with Crippen LogP contribution in [0.25, 0.3) is 0 Å². The summed E-state index contributed by atoms with van der Waals surface area (Å²) in [7, 11) is -2.18. The first-order chi connectivity index (χ1) is 17.9. The largest absolute Gasteiger partial charge is 0.497 e. The van der Waals surface area contributed by atoms with Crippen LogP contribution < -0.4 is 24.2 Å². The average Bonchev–Trinajstić information content (AvgIpc) is 3.40. The Morgan fingerprint density at radius 1 is 0.946 bits per heavy atom. The van der Waals surface area contributed by atoms with Crippen LogP contribution in [0.15, 0.2) is 77.7 Å². The molecule has 0 amide bonds. The lowest BCUT2D eigenvalue weighted by Crippen LogP contribution is -2.29. The van der Waals surface area contributed by atoms with E-state index in [0.29, 0.717) is 24.7 Å². The molecular weight excluding hydrogens is 488 g/mol. The van der Waals surface area contributed by atoms with Crippen LogP contribution in [0.2, 0.25) is 0 Å². The SMILES string of the molecule is CCOc1ccc([C@H]2Nc3ccc(S(=O)(=O)Nc4ccc(OC)cc4)cc3[C@H]3C=CC[C@H]32)cc1OCC. The van der Waals surface area contributed by atoms with E-state index < -0.39 is 10.0 Å². The highest BCUT2D eigenvalue weighted by atomic mass is 32.2. The molecule has 0 fully saturated rings. The first-order valence-electron chi connectivity index (χ1n) is 12.6. The van der Waals surface area contributed by atoms with Crippen molar-refractivity contribution in [3.8, 4) is 17.2 Å². The Hall–Kier alpha value is -3.65. The molecule has 2 aliphatic rings. The van der Waals surface area contributed by atoms with Gasteiger partial charge in [-0.1, -0.05) is 18.2 Å². The van der Waals surface area contributed by atoms with E-state index in [2.05, 4.69) is 34.3 Å². The van der Waals surface area contributed by atoms with Crippen LogP contribution in [0.1, 0.15) is 43.4 Å². The maximum atomic E-state index is 13.2. The number of anilines is 2. The maximum absolute atomic E-state index is 13.2. The van der Waals surface area contributed by atoms with E-state index in [9.17, 15) is 8.42 Å². The Kier molecular flexibility index (Phi) is 7.02. The van der Waals surface area contributed by atoms with Gasteiger partial charge in [-0.05, 0) is 91.9 Å². The molecule has 1 heterocycles. The van der Waals surface area contributed by atoms with Crippen molar-refractivity contribution in [1.29, 1.82) is 0 Å². The van der Waals surface area contributed by atoms with Crippen molar-refractivity contribution in [2.24, 2.45) is 5.92 Å². The van der Waals surface area contributed by atoms with Crippen molar-refractivity contribution in [2.75, 3.05) is 30.4 Å². The van der Waals surface area contributed by atoms with Crippen LogP contribution in [0.3, 0.4) is 0 Å². The summed E-state index contributed by atoms with van der Waals surface area (Å²) >= 11 is 0. The first-order valence-corrected chi connectivity index (χ1v) is 14.1. The normalized spacial score (nSPS) is 19.9. The third-order valence-electron chi connectivity index (χ3n) is 6.91. The zero-order valence-corrected chi connectivity index (χ0v) is 22.0. The molecule has 5 rings (SSSR count). The number of hydrogen-bond acceptors (Lipinski definition) is 6. The van der Waals surface area contributed by atoms with E-state index in [1.165, 1.54) is 0 Å². The van der Waals surface area contributed by atoms with Crippen LogP contribution in [0.5, 0.6) is 17.2 Å². The van der Waals surface area contributed by atoms with E-state index in [4.69, 9.17) is 14.2 Å². The molecule has 3 aromatic carbocycles. The predicted octanol–water partition coefficient (Wildman–Crippen LogP) is 6.12. The lowest BCUT2D eigenvalue weighted by atomic mass is 9.77. The van der Waals surface area contributed by atoms with Crippen molar-refractivity contribution in [1.82, 2.24) is 0 Å². The molecule has 2 N–H and O–H groups in total. The average molecular weight is 521 g/mol. The molecule has 194 valence electrons. The van der Waals surface area contributed by atoms with Crippen molar-refractivity contribution in [3.05, 3.63) is 83.9 Å². The fourth-order valence-electron chi connectivity index (χ4n) is 5.20. The van der Waals surface area contributed by atoms with Gasteiger partial charge in [-0.15, -0.1) is 0 Å². The number of fused-ring (bicyclic) bond motifs is 3. The van der Waals surface area contributed by atoms with E-state index in [1.54, 1.807) is 43.5 Å². The molecule has 37 heavy (non-hydrogen) atoms. The molecule has 3 aromatic rings. The van der Waals surface area contributed by atoms with Crippen LogP contribution >= 0.6 is 0 Å². The second-order valence-corrected chi connectivity index (χ2v) is 10.8. The summed E-state index contributed by atoms with van der Waals surface area (Å²) in [6.45, 7) is 5.05. The quantitative estimate of drug-likeness (QED) is 0.331. The van der Waals surface area contributed by atoms with Gasteiger partial charge in [0.1, 0.15) is 5.75 Å². The summed E-state index contributed by atoms with van der Waals surface area (Å²) in [5, 5.41) is 3.68. The molecule has 1 aliphatic carbocycles. The zero-order chi connectivity index (χ0) is 26.0. The smallest absolute Gasteiger partial charge is 0.261 e. The second kappa shape index (κ2) is 10.4. The molecule has 0 unspecified atom stereocenters. The molecule has 0 radical (unpaired) electrons. The van der Waals surface area contributed by atoms with Gasteiger partial charge in [0.25, 0.3) is 10.0 Å². The summed E-state index contributed by atoms with van der Waals surface area (Å²) < 4.78 is 45.8. The molecule has 0 aromatic heterocycles. The summed E-state index contributed by atoms with van der Waals surface area (Å²) in [5.74, 6) is 2.51. The van der Waals surface area contributed by atoms with Gasteiger partial charge in [0.05, 0.1) is 31.3 Å². The minimum atomic E-state index is -3.76. The molecule has 1 aliphatic heterocycles. The number of benzene rings is 3. The second-order valence-electron chi connectivity index (χ2n) is 9.13. The molecule has 0 bridgehead atoms. The third-order valence-corrected chi connectivity index (χ3v) is 8.29. The summed E-state index contributed by atoms with van der Waals surface area (Å²) in [6.07, 6.45) is 5.29. The third kappa shape index (κ3) is 4.98. The molecule has 7 nitrogen and oxygen atoms in total. The number of nitrogens with one attached hydrogen (secondary N) is 2. The van der Waals surface area contributed by atoms with Gasteiger partial charge in [0.2, 0.25) is 0 Å². The monoisotopic (exact) mass is 520 g/mol. The molecule has 0 saturated carbocycles. The summed E-state index contributed by atoms with van der Waals surface area (Å²) in [6, 6.07) is 18.3. The number of allylic oxidation sites excluding steroid dienone is 2. The fraction of sp³-hybridized carbons (Fsp3) is 0.310. The van der Waals surface area contributed by atoms with E-state index in [-0.39, 0.29) is 22.8 Å². The Bertz CT molecular complexity index is 1400. The maximum Gasteiger partial charge on any atom is 0.261 e. The highest BCUT2D eigenvalue weighted by Gasteiger charge is 2.38. The van der Waals surface area contributed by atoms with Gasteiger partial charge in [0.15, 0.2) is 11.5 Å². The summed E-state index contributed by atoms with van der Waals surface area (Å²) in [5.41, 5.74) is 3.53. The fourth-order valence-corrected chi connectivity index (χ4v) is 6.30. The first kappa shape index (κ1) is 25.0. The molecular formula is C29H32N2O5S. The Balaban J connectivity index is 1.44. The number of ether oxygens (including phenoxy) is 3. The van der Waals surface area contributed by atoms with Crippen LogP contribution in [-0.4, -0.2) is 28.7 Å². The molecule has 3 atom stereocenters. The number of methoxy groups -OCH3 is 1. The Morgan fingerprint density at radius 2 is 1.70 bits per heavy atom. The van der Waals surface area contributed by atoms with E-state index in [0.717, 1.165) is 34.7 Å². The summed E-state index contributed by atoms with van der Waals surface area (Å²) in [4.78, 5) is 0.237. The van der Waals surface area contributed by atoms with Gasteiger partial charge in [-0.3, -0.25) is 4.72 Å². The van der Waals surface area contributed by atoms with Gasteiger partial charge >= 0.3 is 0 Å². The van der Waals surface area contributed by atoms with Crippen molar-refractivity contribution in [3.63, 3.8) is 0 Å². The van der Waals surface area contributed by atoms with Crippen molar-refractivity contribution >= 4 is 21.4 Å².